The molecule has 1 N–H and O–H groups in total. The smallest absolute Gasteiger partial charge is 0.310 e. The predicted molar refractivity (Wildman–Crippen MR) is 61.4 cm³/mol. The van der Waals surface area contributed by atoms with Crippen LogP contribution in [-0.2, 0) is 16.1 Å². The van der Waals surface area contributed by atoms with E-state index in [1.165, 1.54) is 0 Å². The third-order valence-corrected chi connectivity index (χ3v) is 3.12. The maximum Gasteiger partial charge on any atom is 0.310 e. The highest BCUT2D eigenvalue weighted by Gasteiger charge is 2.36. The van der Waals surface area contributed by atoms with Gasteiger partial charge in [0.2, 0.25) is 0 Å². The van der Waals surface area contributed by atoms with Crippen LogP contribution in [0.1, 0.15) is 5.56 Å². The number of nitrogens with zero attached hydrogens (tertiary/aromatic N) is 2. The fourth-order valence-electron chi connectivity index (χ4n) is 2.11. The molecule has 2 heterocycles. The van der Waals surface area contributed by atoms with Gasteiger partial charge in [-0.05, 0) is 24.7 Å². The minimum Gasteiger partial charge on any atom is -0.481 e. The van der Waals surface area contributed by atoms with E-state index in [-0.39, 0.29) is 6.04 Å². The number of pyridine rings is 1. The number of hydrogen-bond donors (Lipinski definition) is 1. The minimum absolute atomic E-state index is 0.0549. The Morgan fingerprint density at radius 3 is 2.88 bits per heavy atom. The highest BCUT2D eigenvalue weighted by Crippen LogP contribution is 2.20. The molecule has 1 aliphatic rings. The van der Waals surface area contributed by atoms with Crippen molar-refractivity contribution >= 4 is 5.97 Å². The summed E-state index contributed by atoms with van der Waals surface area (Å²) < 4.78 is 5.26. The SMILES string of the molecule is CN(Cc1ccncc1)C1COCC1C(=O)O. The maximum absolute atomic E-state index is 11.1. The number of likely N-dealkylation sites (N-methyl/N-ethyl adjacent to an activating group) is 1. The van der Waals surface area contributed by atoms with Gasteiger partial charge in [-0.3, -0.25) is 14.7 Å². The maximum atomic E-state index is 11.1. The molecule has 0 radical (unpaired) electrons. The molecule has 0 spiro atoms. The van der Waals surface area contributed by atoms with Crippen LogP contribution in [0.25, 0.3) is 0 Å². The van der Waals surface area contributed by atoms with Gasteiger partial charge in [0.15, 0.2) is 0 Å². The Morgan fingerprint density at radius 2 is 2.24 bits per heavy atom. The van der Waals surface area contributed by atoms with Crippen LogP contribution in [0.15, 0.2) is 24.5 Å². The number of carbonyl (C=O) groups is 1. The van der Waals surface area contributed by atoms with Gasteiger partial charge in [-0.25, -0.2) is 0 Å². The van der Waals surface area contributed by atoms with Gasteiger partial charge >= 0.3 is 5.97 Å². The first-order chi connectivity index (χ1) is 8.18. The van der Waals surface area contributed by atoms with E-state index < -0.39 is 11.9 Å². The Kier molecular flexibility index (Phi) is 3.71. The van der Waals surface area contributed by atoms with E-state index in [1.54, 1.807) is 12.4 Å². The summed E-state index contributed by atoms with van der Waals surface area (Å²) in [5, 5.41) is 9.08. The van der Waals surface area contributed by atoms with Crippen LogP contribution < -0.4 is 0 Å². The Morgan fingerprint density at radius 1 is 1.53 bits per heavy atom. The van der Waals surface area contributed by atoms with Gasteiger partial charge in [-0.15, -0.1) is 0 Å². The van der Waals surface area contributed by atoms with Gasteiger partial charge in [-0.1, -0.05) is 0 Å². The molecule has 1 aromatic heterocycles. The molecule has 0 bridgehead atoms. The third kappa shape index (κ3) is 2.81. The normalized spacial score (nSPS) is 24.1. The van der Waals surface area contributed by atoms with Crippen molar-refractivity contribution in [1.29, 1.82) is 0 Å². The molecule has 5 nitrogen and oxygen atoms in total. The molecule has 5 heteroatoms. The van der Waals surface area contributed by atoms with Crippen LogP contribution in [0.5, 0.6) is 0 Å². The second-order valence-electron chi connectivity index (χ2n) is 4.32. The molecule has 0 amide bonds. The summed E-state index contributed by atoms with van der Waals surface area (Å²) >= 11 is 0. The lowest BCUT2D eigenvalue weighted by Gasteiger charge is -2.26. The number of aliphatic carboxylic acids is 1. The molecule has 1 fully saturated rings. The molecular formula is C12H16N2O3. The molecule has 0 aliphatic carbocycles. The fourth-order valence-corrected chi connectivity index (χ4v) is 2.11. The summed E-state index contributed by atoms with van der Waals surface area (Å²) in [6.07, 6.45) is 3.48. The van der Waals surface area contributed by atoms with Crippen LogP contribution in [0.3, 0.4) is 0 Å². The molecule has 17 heavy (non-hydrogen) atoms. The largest absolute Gasteiger partial charge is 0.481 e. The van der Waals surface area contributed by atoms with Crippen molar-refractivity contribution in [2.75, 3.05) is 20.3 Å². The van der Waals surface area contributed by atoms with E-state index >= 15 is 0 Å². The van der Waals surface area contributed by atoms with Gasteiger partial charge in [0.05, 0.1) is 19.1 Å². The van der Waals surface area contributed by atoms with E-state index in [2.05, 4.69) is 4.98 Å². The van der Waals surface area contributed by atoms with Crippen LogP contribution in [0.2, 0.25) is 0 Å². The van der Waals surface area contributed by atoms with Crippen molar-refractivity contribution in [1.82, 2.24) is 9.88 Å². The molecule has 1 aromatic rings. The zero-order valence-electron chi connectivity index (χ0n) is 9.74. The summed E-state index contributed by atoms with van der Waals surface area (Å²) in [4.78, 5) is 17.0. The lowest BCUT2D eigenvalue weighted by molar-refractivity contribution is -0.143. The van der Waals surface area contributed by atoms with Gasteiger partial charge in [-0.2, -0.15) is 0 Å². The topological polar surface area (TPSA) is 62.7 Å². The number of rotatable bonds is 4. The zero-order valence-corrected chi connectivity index (χ0v) is 9.74. The van der Waals surface area contributed by atoms with Crippen molar-refractivity contribution < 1.29 is 14.6 Å². The van der Waals surface area contributed by atoms with Gasteiger partial charge in [0, 0.05) is 25.0 Å². The summed E-state index contributed by atoms with van der Waals surface area (Å²) in [7, 11) is 1.93. The number of aromatic nitrogens is 1. The van der Waals surface area contributed by atoms with Crippen LogP contribution in [0, 0.1) is 5.92 Å². The van der Waals surface area contributed by atoms with E-state index in [0.717, 1.165) is 5.56 Å². The lowest BCUT2D eigenvalue weighted by Crippen LogP contribution is -2.40. The van der Waals surface area contributed by atoms with Crippen LogP contribution >= 0.6 is 0 Å². The monoisotopic (exact) mass is 236 g/mol. The molecule has 0 saturated carbocycles. The molecule has 0 aromatic carbocycles. The first kappa shape index (κ1) is 12.0. The highest BCUT2D eigenvalue weighted by atomic mass is 16.5. The average Bonchev–Trinajstić information content (AvgIpc) is 2.79. The fraction of sp³-hybridized carbons (Fsp3) is 0.500. The predicted octanol–water partition coefficient (Wildman–Crippen LogP) is 0.613. The lowest BCUT2D eigenvalue weighted by atomic mass is 10.0. The Balaban J connectivity index is 2.00. The standard InChI is InChI=1S/C12H16N2O3/c1-14(6-9-2-4-13-5-3-9)11-8-17-7-10(11)12(15)16/h2-5,10-11H,6-8H2,1H3,(H,15,16). The molecular weight excluding hydrogens is 220 g/mol. The minimum atomic E-state index is -0.783. The molecule has 2 unspecified atom stereocenters. The highest BCUT2D eigenvalue weighted by molar-refractivity contribution is 5.71. The summed E-state index contributed by atoms with van der Waals surface area (Å²) in [5.41, 5.74) is 1.12. The van der Waals surface area contributed by atoms with Crippen molar-refractivity contribution in [3.63, 3.8) is 0 Å². The van der Waals surface area contributed by atoms with Crippen LogP contribution in [0.4, 0.5) is 0 Å². The van der Waals surface area contributed by atoms with E-state index in [9.17, 15) is 4.79 Å². The Labute approximate surface area is 100 Å². The van der Waals surface area contributed by atoms with Crippen molar-refractivity contribution in [2.24, 2.45) is 5.92 Å². The number of hydrogen-bond acceptors (Lipinski definition) is 4. The molecule has 2 rings (SSSR count). The zero-order chi connectivity index (χ0) is 12.3. The second kappa shape index (κ2) is 5.25. The van der Waals surface area contributed by atoms with Crippen molar-refractivity contribution in [3.8, 4) is 0 Å². The molecule has 1 aliphatic heterocycles. The van der Waals surface area contributed by atoms with E-state index in [4.69, 9.17) is 9.84 Å². The molecule has 92 valence electrons. The summed E-state index contributed by atoms with van der Waals surface area (Å²) in [5.74, 6) is -1.21. The Hall–Kier alpha value is -1.46. The van der Waals surface area contributed by atoms with E-state index in [1.807, 2.05) is 24.1 Å². The Bertz CT molecular complexity index is 383. The second-order valence-corrected chi connectivity index (χ2v) is 4.32. The average molecular weight is 236 g/mol. The number of ether oxygens (including phenoxy) is 1. The quantitative estimate of drug-likeness (QED) is 0.830. The van der Waals surface area contributed by atoms with Crippen molar-refractivity contribution in [2.45, 2.75) is 12.6 Å². The third-order valence-electron chi connectivity index (χ3n) is 3.12. The van der Waals surface area contributed by atoms with Crippen LogP contribution in [-0.4, -0.2) is 47.3 Å². The number of carboxylic acid groups (broad SMARTS) is 1. The molecule has 2 atom stereocenters. The van der Waals surface area contributed by atoms with E-state index in [0.29, 0.717) is 19.8 Å². The number of carboxylic acids is 1. The van der Waals surface area contributed by atoms with Crippen molar-refractivity contribution in [3.05, 3.63) is 30.1 Å². The van der Waals surface area contributed by atoms with Gasteiger partial charge < -0.3 is 9.84 Å². The van der Waals surface area contributed by atoms with Gasteiger partial charge in [0.1, 0.15) is 0 Å². The summed E-state index contributed by atoms with van der Waals surface area (Å²) in [6.45, 7) is 1.50. The first-order valence-electron chi connectivity index (χ1n) is 5.58. The molecule has 1 saturated heterocycles. The summed E-state index contributed by atoms with van der Waals surface area (Å²) in [6, 6.07) is 3.81. The first-order valence-corrected chi connectivity index (χ1v) is 5.58. The van der Waals surface area contributed by atoms with Gasteiger partial charge in [0.25, 0.3) is 0 Å².